The van der Waals surface area contributed by atoms with E-state index in [9.17, 15) is 13.2 Å². The number of methoxy groups -OCH3 is 1. The summed E-state index contributed by atoms with van der Waals surface area (Å²) in [5.74, 6) is 0.554. The lowest BCUT2D eigenvalue weighted by molar-refractivity contribution is -0.111. The maximum Gasteiger partial charge on any atom is 0.247 e. The molecule has 220 valence electrons. The second-order valence-corrected chi connectivity index (χ2v) is 12.2. The standard InChI is InChI=1S/C26H38ClN7O5S/c1-7-24(35)29-20-15-21(23(38-5)16-22(20)33(4)14-13-32(2)3)30-26-28-17-19(27)25(31-26)39-18-9-8-11-34(12-10-18)40(6,36)37/h7,15-18H,1,8-14H2,2-6H3,(H,29,35)(H,28,30,31). The smallest absolute Gasteiger partial charge is 0.247 e. The molecule has 1 aromatic carbocycles. The molecule has 2 heterocycles. The Kier molecular flexibility index (Phi) is 11.0. The van der Waals surface area contributed by atoms with Crippen molar-refractivity contribution in [2.24, 2.45) is 0 Å². The van der Waals surface area contributed by atoms with Gasteiger partial charge in [-0.25, -0.2) is 17.7 Å². The van der Waals surface area contributed by atoms with Gasteiger partial charge >= 0.3 is 0 Å². The number of anilines is 4. The molecule has 12 nitrogen and oxygen atoms in total. The van der Waals surface area contributed by atoms with Crippen molar-refractivity contribution in [1.29, 1.82) is 0 Å². The van der Waals surface area contributed by atoms with Gasteiger partial charge in [0.05, 0.1) is 36.6 Å². The number of nitrogens with zero attached hydrogens (tertiary/aromatic N) is 5. The monoisotopic (exact) mass is 595 g/mol. The SMILES string of the molecule is C=CC(=O)Nc1cc(Nc2ncc(Cl)c(OC3CCCN(S(C)(=O)=O)CC3)n2)c(OC)cc1N(C)CCN(C)C. The van der Waals surface area contributed by atoms with Crippen molar-refractivity contribution in [3.63, 3.8) is 0 Å². The molecule has 1 unspecified atom stereocenters. The van der Waals surface area contributed by atoms with E-state index in [0.29, 0.717) is 56.0 Å². The fourth-order valence-electron chi connectivity index (χ4n) is 4.17. The van der Waals surface area contributed by atoms with Crippen LogP contribution < -0.4 is 25.0 Å². The number of sulfonamides is 1. The van der Waals surface area contributed by atoms with Crippen LogP contribution in [-0.2, 0) is 14.8 Å². The number of carbonyl (C=O) groups is 1. The Morgan fingerprint density at radius 1 is 1.23 bits per heavy atom. The molecule has 0 bridgehead atoms. The van der Waals surface area contributed by atoms with Gasteiger partial charge in [0.2, 0.25) is 27.8 Å². The molecule has 0 radical (unpaired) electrons. The summed E-state index contributed by atoms with van der Waals surface area (Å²) in [6.45, 7) is 5.89. The fourth-order valence-corrected chi connectivity index (χ4v) is 5.20. The molecule has 1 aliphatic heterocycles. The van der Waals surface area contributed by atoms with E-state index in [4.69, 9.17) is 21.1 Å². The van der Waals surface area contributed by atoms with Crippen molar-refractivity contribution in [2.45, 2.75) is 25.4 Å². The van der Waals surface area contributed by atoms with Crippen molar-refractivity contribution in [1.82, 2.24) is 19.2 Å². The molecular formula is C26H38ClN7O5S. The minimum absolute atomic E-state index is 0.191. The molecule has 2 N–H and O–H groups in total. The van der Waals surface area contributed by atoms with Crippen molar-refractivity contribution in [2.75, 3.05) is 76.2 Å². The largest absolute Gasteiger partial charge is 0.494 e. The predicted octanol–water partition coefficient (Wildman–Crippen LogP) is 3.20. The zero-order valence-electron chi connectivity index (χ0n) is 23.6. The van der Waals surface area contributed by atoms with Gasteiger partial charge in [0.1, 0.15) is 16.9 Å². The average molecular weight is 596 g/mol. The molecule has 0 aliphatic carbocycles. The van der Waals surface area contributed by atoms with Gasteiger partial charge in [0.25, 0.3) is 0 Å². The van der Waals surface area contributed by atoms with Crippen LogP contribution in [-0.4, -0.2) is 100 Å². The lowest BCUT2D eigenvalue weighted by Gasteiger charge is -2.26. The number of rotatable bonds is 12. The quantitative estimate of drug-likeness (QED) is 0.353. The van der Waals surface area contributed by atoms with Crippen LogP contribution in [0.25, 0.3) is 0 Å². The summed E-state index contributed by atoms with van der Waals surface area (Å²) in [5.41, 5.74) is 1.82. The first-order valence-electron chi connectivity index (χ1n) is 12.8. The summed E-state index contributed by atoms with van der Waals surface area (Å²) >= 11 is 6.35. The number of amides is 1. The van der Waals surface area contributed by atoms with E-state index in [1.54, 1.807) is 13.2 Å². The molecule has 0 spiro atoms. The number of aromatic nitrogens is 2. The van der Waals surface area contributed by atoms with Crippen LogP contribution in [0.1, 0.15) is 19.3 Å². The second kappa shape index (κ2) is 14.0. The van der Waals surface area contributed by atoms with Crippen LogP contribution in [0.15, 0.2) is 31.0 Å². The van der Waals surface area contributed by atoms with Crippen molar-refractivity contribution in [3.8, 4) is 11.6 Å². The highest BCUT2D eigenvalue weighted by atomic mass is 35.5. The number of halogens is 1. The van der Waals surface area contributed by atoms with Gasteiger partial charge < -0.3 is 29.9 Å². The molecule has 1 aliphatic rings. The molecule has 0 saturated carbocycles. The zero-order chi connectivity index (χ0) is 29.4. The molecule has 40 heavy (non-hydrogen) atoms. The number of hydrogen-bond donors (Lipinski definition) is 2. The third kappa shape index (κ3) is 8.68. The Hall–Kier alpha value is -3.13. The number of nitrogens with one attached hydrogen (secondary N) is 2. The van der Waals surface area contributed by atoms with E-state index in [2.05, 4.69) is 32.1 Å². The molecular weight excluding hydrogens is 558 g/mol. The number of benzene rings is 1. The third-order valence-corrected chi connectivity index (χ3v) is 7.96. The maximum absolute atomic E-state index is 12.2. The molecule has 1 atom stereocenters. The highest BCUT2D eigenvalue weighted by Gasteiger charge is 2.25. The number of likely N-dealkylation sites (N-methyl/N-ethyl adjacent to an activating group) is 2. The number of carbonyl (C=O) groups excluding carboxylic acids is 1. The topological polar surface area (TPSA) is 129 Å². The summed E-state index contributed by atoms with van der Waals surface area (Å²) in [6, 6.07) is 3.56. The number of ether oxygens (including phenoxy) is 2. The minimum Gasteiger partial charge on any atom is -0.494 e. The highest BCUT2D eigenvalue weighted by Crippen LogP contribution is 2.38. The highest BCUT2D eigenvalue weighted by molar-refractivity contribution is 7.88. The van der Waals surface area contributed by atoms with E-state index in [1.165, 1.54) is 22.8 Å². The minimum atomic E-state index is -3.26. The Bertz CT molecular complexity index is 1310. The molecule has 2 aromatic rings. The van der Waals surface area contributed by atoms with Crippen LogP contribution in [0.3, 0.4) is 0 Å². The summed E-state index contributed by atoms with van der Waals surface area (Å²) in [6.07, 6.45) is 5.44. The van der Waals surface area contributed by atoms with Gasteiger partial charge in [-0.1, -0.05) is 18.2 Å². The first-order valence-corrected chi connectivity index (χ1v) is 15.1. The Morgan fingerprint density at radius 3 is 2.62 bits per heavy atom. The summed E-state index contributed by atoms with van der Waals surface area (Å²) in [7, 11) is 4.21. The molecule has 14 heteroatoms. The normalized spacial score (nSPS) is 16.2. The average Bonchev–Trinajstić information content (AvgIpc) is 3.15. The molecule has 1 aromatic heterocycles. The lowest BCUT2D eigenvalue weighted by atomic mass is 10.2. The molecule has 1 fully saturated rings. The van der Waals surface area contributed by atoms with Gasteiger partial charge in [-0.15, -0.1) is 0 Å². The zero-order valence-corrected chi connectivity index (χ0v) is 25.2. The second-order valence-electron chi connectivity index (χ2n) is 9.79. The van der Waals surface area contributed by atoms with E-state index in [1.807, 2.05) is 32.1 Å². The van der Waals surface area contributed by atoms with E-state index in [0.717, 1.165) is 12.2 Å². The molecule has 1 saturated heterocycles. The van der Waals surface area contributed by atoms with E-state index >= 15 is 0 Å². The lowest BCUT2D eigenvalue weighted by Crippen LogP contribution is -2.31. The Morgan fingerprint density at radius 2 is 1.98 bits per heavy atom. The van der Waals surface area contributed by atoms with Crippen LogP contribution in [0, 0.1) is 0 Å². The summed E-state index contributed by atoms with van der Waals surface area (Å²) < 4.78 is 37.1. The van der Waals surface area contributed by atoms with Crippen LogP contribution >= 0.6 is 11.6 Å². The summed E-state index contributed by atoms with van der Waals surface area (Å²) in [4.78, 5) is 25.1. The fraction of sp³-hybridized carbons (Fsp3) is 0.500. The predicted molar refractivity (Wildman–Crippen MR) is 159 cm³/mol. The first-order chi connectivity index (χ1) is 18.9. The summed E-state index contributed by atoms with van der Waals surface area (Å²) in [5, 5.41) is 6.23. The van der Waals surface area contributed by atoms with Crippen molar-refractivity contribution < 1.29 is 22.7 Å². The Labute approximate surface area is 241 Å². The number of hydrogen-bond acceptors (Lipinski definition) is 10. The van der Waals surface area contributed by atoms with Gasteiger partial charge in [0, 0.05) is 39.3 Å². The van der Waals surface area contributed by atoms with Gasteiger partial charge in [-0.05, 0) is 45.5 Å². The maximum atomic E-state index is 12.2. The van der Waals surface area contributed by atoms with Crippen LogP contribution in [0.4, 0.5) is 23.0 Å². The third-order valence-electron chi connectivity index (χ3n) is 6.39. The van der Waals surface area contributed by atoms with Gasteiger partial charge in [-0.2, -0.15) is 4.98 Å². The van der Waals surface area contributed by atoms with Crippen molar-refractivity contribution >= 4 is 50.5 Å². The van der Waals surface area contributed by atoms with Crippen molar-refractivity contribution in [3.05, 3.63) is 36.0 Å². The van der Waals surface area contributed by atoms with E-state index < -0.39 is 10.0 Å². The molecule has 1 amide bonds. The van der Waals surface area contributed by atoms with Crippen LogP contribution in [0.2, 0.25) is 5.02 Å². The van der Waals surface area contributed by atoms with Crippen LogP contribution in [0.5, 0.6) is 11.6 Å². The molecule has 3 rings (SSSR count). The van der Waals surface area contributed by atoms with E-state index in [-0.39, 0.29) is 28.9 Å². The van der Waals surface area contributed by atoms with Gasteiger partial charge in [0.15, 0.2) is 0 Å². The van der Waals surface area contributed by atoms with Gasteiger partial charge in [-0.3, -0.25) is 4.79 Å². The first kappa shape index (κ1) is 31.4. The Balaban J connectivity index is 1.86.